The highest BCUT2D eigenvalue weighted by molar-refractivity contribution is 5.17. The molecule has 0 saturated carbocycles. The smallest absolute Gasteiger partial charge is 0.104 e. The summed E-state index contributed by atoms with van der Waals surface area (Å²) >= 11 is 0. The second-order valence-corrected chi connectivity index (χ2v) is 3.51. The van der Waals surface area contributed by atoms with Crippen molar-refractivity contribution >= 4 is 0 Å². The molecular formula is C11H17NO2. The average molecular weight is 195 g/mol. The Morgan fingerprint density at radius 3 is 2.50 bits per heavy atom. The molecule has 0 spiro atoms. The molecule has 0 aliphatic heterocycles. The third-order valence-electron chi connectivity index (χ3n) is 1.74. The summed E-state index contributed by atoms with van der Waals surface area (Å²) in [7, 11) is 0. The Labute approximate surface area is 84.7 Å². The van der Waals surface area contributed by atoms with E-state index in [1.807, 2.05) is 44.2 Å². The fraction of sp³-hybridized carbons (Fsp3) is 0.455. The molecule has 78 valence electrons. The quantitative estimate of drug-likeness (QED) is 0.702. The van der Waals surface area contributed by atoms with Crippen molar-refractivity contribution in [2.75, 3.05) is 6.61 Å². The lowest BCUT2D eigenvalue weighted by atomic mass is 10.1. The minimum absolute atomic E-state index is 0.262. The van der Waals surface area contributed by atoms with E-state index in [1.54, 1.807) is 0 Å². The van der Waals surface area contributed by atoms with Gasteiger partial charge in [0.05, 0.1) is 6.61 Å². The number of hydrogen-bond donors (Lipinski definition) is 2. The van der Waals surface area contributed by atoms with E-state index in [1.165, 1.54) is 0 Å². The third-order valence-corrected chi connectivity index (χ3v) is 1.74. The van der Waals surface area contributed by atoms with Gasteiger partial charge in [0.25, 0.3) is 0 Å². The van der Waals surface area contributed by atoms with Crippen molar-refractivity contribution in [3.05, 3.63) is 35.9 Å². The molecular weight excluding hydrogens is 178 g/mol. The number of hydrogen-bond acceptors (Lipinski definition) is 3. The van der Waals surface area contributed by atoms with Crippen molar-refractivity contribution in [1.82, 2.24) is 5.48 Å². The summed E-state index contributed by atoms with van der Waals surface area (Å²) < 4.78 is 0. The Kier molecular flexibility index (Phi) is 4.59. The first-order valence-corrected chi connectivity index (χ1v) is 4.80. The van der Waals surface area contributed by atoms with E-state index < -0.39 is 6.10 Å². The van der Waals surface area contributed by atoms with E-state index in [0.29, 0.717) is 0 Å². The molecule has 1 aromatic rings. The van der Waals surface area contributed by atoms with E-state index in [0.717, 1.165) is 5.56 Å². The van der Waals surface area contributed by atoms with E-state index in [9.17, 15) is 5.11 Å². The van der Waals surface area contributed by atoms with Gasteiger partial charge in [-0.2, -0.15) is 5.48 Å². The van der Waals surface area contributed by atoms with Crippen LogP contribution in [-0.2, 0) is 4.84 Å². The highest BCUT2D eigenvalue weighted by Gasteiger charge is 2.06. The average Bonchev–Trinajstić information content (AvgIpc) is 2.18. The topological polar surface area (TPSA) is 41.5 Å². The predicted molar refractivity (Wildman–Crippen MR) is 55.6 cm³/mol. The van der Waals surface area contributed by atoms with Gasteiger partial charge in [0.1, 0.15) is 6.10 Å². The first kappa shape index (κ1) is 11.2. The fourth-order valence-corrected chi connectivity index (χ4v) is 1.07. The molecule has 0 amide bonds. The maximum Gasteiger partial charge on any atom is 0.104 e. The third kappa shape index (κ3) is 3.87. The normalized spacial score (nSPS) is 13.1. The largest absolute Gasteiger partial charge is 0.386 e. The van der Waals surface area contributed by atoms with Crippen LogP contribution in [0.1, 0.15) is 25.5 Å². The molecule has 0 aliphatic carbocycles. The molecule has 1 aromatic carbocycles. The summed E-state index contributed by atoms with van der Waals surface area (Å²) in [6, 6.07) is 9.73. The highest BCUT2D eigenvalue weighted by atomic mass is 16.6. The standard InChI is InChI=1S/C11H17NO2/c1-9(2)12-14-8-11(13)10-6-4-3-5-7-10/h3-7,9,11-13H,8H2,1-2H3. The van der Waals surface area contributed by atoms with Gasteiger partial charge in [0.2, 0.25) is 0 Å². The summed E-state index contributed by atoms with van der Waals surface area (Å²) in [6.45, 7) is 4.23. The van der Waals surface area contributed by atoms with Crippen LogP contribution < -0.4 is 5.48 Å². The Hall–Kier alpha value is -0.900. The van der Waals surface area contributed by atoms with Crippen LogP contribution >= 0.6 is 0 Å². The van der Waals surface area contributed by atoms with Crippen molar-refractivity contribution in [1.29, 1.82) is 0 Å². The SMILES string of the molecule is CC(C)NOCC(O)c1ccccc1. The number of aliphatic hydroxyl groups is 1. The zero-order valence-electron chi connectivity index (χ0n) is 8.60. The minimum atomic E-state index is -0.567. The maximum absolute atomic E-state index is 9.67. The summed E-state index contributed by atoms with van der Waals surface area (Å²) in [5.41, 5.74) is 3.66. The van der Waals surface area contributed by atoms with Gasteiger partial charge in [-0.1, -0.05) is 30.3 Å². The number of nitrogens with one attached hydrogen (secondary N) is 1. The molecule has 0 saturated heterocycles. The van der Waals surface area contributed by atoms with Crippen LogP contribution in [0.2, 0.25) is 0 Å². The molecule has 0 fully saturated rings. The van der Waals surface area contributed by atoms with Gasteiger partial charge in [0, 0.05) is 6.04 Å². The zero-order valence-corrected chi connectivity index (χ0v) is 8.60. The second-order valence-electron chi connectivity index (χ2n) is 3.51. The van der Waals surface area contributed by atoms with Gasteiger partial charge in [0.15, 0.2) is 0 Å². The Morgan fingerprint density at radius 1 is 1.29 bits per heavy atom. The van der Waals surface area contributed by atoms with Crippen LogP contribution in [-0.4, -0.2) is 17.8 Å². The first-order valence-electron chi connectivity index (χ1n) is 4.80. The van der Waals surface area contributed by atoms with Crippen LogP contribution in [0.15, 0.2) is 30.3 Å². The van der Waals surface area contributed by atoms with Crippen molar-refractivity contribution in [2.24, 2.45) is 0 Å². The Bertz CT molecular complexity index is 249. The number of aliphatic hydroxyl groups excluding tert-OH is 1. The lowest BCUT2D eigenvalue weighted by Gasteiger charge is -2.13. The van der Waals surface area contributed by atoms with Crippen LogP contribution in [0.25, 0.3) is 0 Å². The second kappa shape index (κ2) is 5.75. The van der Waals surface area contributed by atoms with E-state index in [-0.39, 0.29) is 12.6 Å². The molecule has 0 heterocycles. The molecule has 0 aromatic heterocycles. The van der Waals surface area contributed by atoms with E-state index in [4.69, 9.17) is 4.84 Å². The van der Waals surface area contributed by atoms with Crippen molar-refractivity contribution < 1.29 is 9.94 Å². The fourth-order valence-electron chi connectivity index (χ4n) is 1.07. The van der Waals surface area contributed by atoms with Gasteiger partial charge in [-0.15, -0.1) is 0 Å². The lowest BCUT2D eigenvalue weighted by molar-refractivity contribution is -0.0309. The molecule has 0 radical (unpaired) electrons. The van der Waals surface area contributed by atoms with Crippen molar-refractivity contribution in [3.8, 4) is 0 Å². The summed E-state index contributed by atoms with van der Waals surface area (Å²) in [4.78, 5) is 5.11. The molecule has 1 atom stereocenters. The highest BCUT2D eigenvalue weighted by Crippen LogP contribution is 2.11. The Balaban J connectivity index is 2.32. The maximum atomic E-state index is 9.67. The minimum Gasteiger partial charge on any atom is -0.386 e. The first-order chi connectivity index (χ1) is 6.70. The van der Waals surface area contributed by atoms with E-state index in [2.05, 4.69) is 5.48 Å². The molecule has 1 rings (SSSR count). The van der Waals surface area contributed by atoms with Gasteiger partial charge in [-0.25, -0.2) is 0 Å². The predicted octanol–water partition coefficient (Wildman–Crippen LogP) is 1.65. The number of hydroxylamine groups is 1. The Morgan fingerprint density at radius 2 is 1.93 bits per heavy atom. The lowest BCUT2D eigenvalue weighted by Crippen LogP contribution is -2.25. The molecule has 14 heavy (non-hydrogen) atoms. The van der Waals surface area contributed by atoms with Crippen LogP contribution in [0.3, 0.4) is 0 Å². The molecule has 0 aliphatic rings. The van der Waals surface area contributed by atoms with Crippen molar-refractivity contribution in [3.63, 3.8) is 0 Å². The zero-order chi connectivity index (χ0) is 10.4. The molecule has 0 bridgehead atoms. The van der Waals surface area contributed by atoms with Crippen LogP contribution in [0.5, 0.6) is 0 Å². The monoisotopic (exact) mass is 195 g/mol. The molecule has 1 unspecified atom stereocenters. The summed E-state index contributed by atoms with van der Waals surface area (Å²) in [6.07, 6.45) is -0.567. The molecule has 2 N–H and O–H groups in total. The van der Waals surface area contributed by atoms with Crippen molar-refractivity contribution in [2.45, 2.75) is 26.0 Å². The summed E-state index contributed by atoms with van der Waals surface area (Å²) in [5, 5.41) is 9.67. The number of rotatable bonds is 5. The van der Waals surface area contributed by atoms with Gasteiger partial charge in [-0.3, -0.25) is 4.84 Å². The van der Waals surface area contributed by atoms with Gasteiger partial charge in [-0.05, 0) is 19.4 Å². The van der Waals surface area contributed by atoms with E-state index >= 15 is 0 Å². The molecule has 3 heteroatoms. The van der Waals surface area contributed by atoms with Crippen LogP contribution in [0.4, 0.5) is 0 Å². The van der Waals surface area contributed by atoms with Gasteiger partial charge < -0.3 is 5.11 Å². The summed E-state index contributed by atoms with van der Waals surface area (Å²) in [5.74, 6) is 0. The van der Waals surface area contributed by atoms with Crippen LogP contribution in [0, 0.1) is 0 Å². The molecule has 3 nitrogen and oxygen atoms in total. The number of benzene rings is 1. The van der Waals surface area contributed by atoms with Gasteiger partial charge >= 0.3 is 0 Å².